The number of halogens is 2. The Morgan fingerprint density at radius 1 is 1.38 bits per heavy atom. The van der Waals surface area contributed by atoms with E-state index in [1.807, 2.05) is 6.07 Å². The lowest BCUT2D eigenvalue weighted by Gasteiger charge is -2.36. The Bertz CT molecular complexity index is 564. The first kappa shape index (κ1) is 14.8. The minimum absolute atomic E-state index is 0.223. The van der Waals surface area contributed by atoms with Crippen molar-refractivity contribution in [2.24, 2.45) is 5.92 Å². The molecule has 0 saturated heterocycles. The standard InChI is InChI=1S/C15H17Cl2NO3/c1-2-20-15(19)21-14-10-5-3-4-9(10)13-11(17)6-8(16)7-12(13)18-14/h6-7,9-10,14,18H,2-5H2,1H3. The highest BCUT2D eigenvalue weighted by molar-refractivity contribution is 6.35. The number of hydrogen-bond acceptors (Lipinski definition) is 4. The summed E-state index contributed by atoms with van der Waals surface area (Å²) in [5.74, 6) is 0.519. The molecule has 1 N–H and O–H groups in total. The van der Waals surface area contributed by atoms with E-state index < -0.39 is 12.4 Å². The van der Waals surface area contributed by atoms with Crippen LogP contribution in [0.4, 0.5) is 10.5 Å². The van der Waals surface area contributed by atoms with Crippen LogP contribution >= 0.6 is 23.2 Å². The molecule has 1 saturated carbocycles. The summed E-state index contributed by atoms with van der Waals surface area (Å²) < 4.78 is 10.3. The lowest BCUT2D eigenvalue weighted by Crippen LogP contribution is -2.39. The Hall–Kier alpha value is -1.13. The minimum Gasteiger partial charge on any atom is -0.435 e. The second kappa shape index (κ2) is 5.93. The fourth-order valence-electron chi connectivity index (χ4n) is 3.42. The van der Waals surface area contributed by atoms with Crippen LogP contribution in [0.3, 0.4) is 0 Å². The van der Waals surface area contributed by atoms with Crippen LogP contribution in [-0.2, 0) is 9.47 Å². The van der Waals surface area contributed by atoms with E-state index in [1.54, 1.807) is 13.0 Å². The predicted octanol–water partition coefficient (Wildman–Crippen LogP) is 4.80. The van der Waals surface area contributed by atoms with E-state index in [-0.39, 0.29) is 5.92 Å². The van der Waals surface area contributed by atoms with Crippen molar-refractivity contribution in [2.45, 2.75) is 38.3 Å². The van der Waals surface area contributed by atoms with Crippen molar-refractivity contribution in [2.75, 3.05) is 11.9 Å². The minimum atomic E-state index is -0.641. The van der Waals surface area contributed by atoms with Gasteiger partial charge in [0.05, 0.1) is 6.61 Å². The molecule has 4 nitrogen and oxygen atoms in total. The first-order valence-corrected chi connectivity index (χ1v) is 7.94. The molecule has 1 aromatic carbocycles. The normalized spacial score (nSPS) is 26.5. The third kappa shape index (κ3) is 2.79. The van der Waals surface area contributed by atoms with E-state index in [9.17, 15) is 4.79 Å². The quantitative estimate of drug-likeness (QED) is 0.791. The molecule has 21 heavy (non-hydrogen) atoms. The molecule has 0 spiro atoms. The van der Waals surface area contributed by atoms with E-state index in [0.717, 1.165) is 30.5 Å². The number of carbonyl (C=O) groups is 1. The smallest absolute Gasteiger partial charge is 0.435 e. The van der Waals surface area contributed by atoms with Gasteiger partial charge in [0, 0.05) is 21.7 Å². The van der Waals surface area contributed by atoms with Crippen LogP contribution in [0.5, 0.6) is 0 Å². The van der Waals surface area contributed by atoms with Crippen molar-refractivity contribution in [3.05, 3.63) is 27.7 Å². The molecule has 3 atom stereocenters. The van der Waals surface area contributed by atoms with Crippen molar-refractivity contribution in [1.29, 1.82) is 0 Å². The third-order valence-electron chi connectivity index (χ3n) is 4.21. The number of ether oxygens (including phenoxy) is 2. The van der Waals surface area contributed by atoms with E-state index in [4.69, 9.17) is 32.7 Å². The molecule has 0 aromatic heterocycles. The van der Waals surface area contributed by atoms with Gasteiger partial charge in [-0.15, -0.1) is 0 Å². The molecule has 0 bridgehead atoms. The Balaban J connectivity index is 1.91. The summed E-state index contributed by atoms with van der Waals surface area (Å²) in [6.07, 6.45) is 2.11. The number of fused-ring (bicyclic) bond motifs is 3. The van der Waals surface area contributed by atoms with E-state index in [2.05, 4.69) is 5.32 Å². The van der Waals surface area contributed by atoms with Crippen molar-refractivity contribution in [1.82, 2.24) is 0 Å². The summed E-state index contributed by atoms with van der Waals surface area (Å²) >= 11 is 12.4. The maximum atomic E-state index is 11.6. The lowest BCUT2D eigenvalue weighted by atomic mass is 9.83. The van der Waals surface area contributed by atoms with Gasteiger partial charge in [0.15, 0.2) is 6.23 Å². The van der Waals surface area contributed by atoms with Crippen molar-refractivity contribution in [3.8, 4) is 0 Å². The summed E-state index contributed by atoms with van der Waals surface area (Å²) in [5, 5.41) is 4.49. The molecular formula is C15H17Cl2NO3. The van der Waals surface area contributed by atoms with Crippen molar-refractivity contribution >= 4 is 35.0 Å². The second-order valence-corrected chi connectivity index (χ2v) is 6.26. The maximum absolute atomic E-state index is 11.6. The van der Waals surface area contributed by atoms with Crippen LogP contribution in [0.25, 0.3) is 0 Å². The highest BCUT2D eigenvalue weighted by Gasteiger charge is 2.43. The molecular weight excluding hydrogens is 313 g/mol. The zero-order valence-electron chi connectivity index (χ0n) is 11.7. The van der Waals surface area contributed by atoms with Gasteiger partial charge in [-0.3, -0.25) is 0 Å². The molecule has 3 unspecified atom stereocenters. The van der Waals surface area contributed by atoms with Crippen LogP contribution < -0.4 is 5.32 Å². The zero-order valence-corrected chi connectivity index (χ0v) is 13.2. The van der Waals surface area contributed by atoms with Gasteiger partial charge in [0.1, 0.15) is 0 Å². The van der Waals surface area contributed by atoms with Gasteiger partial charge in [0.2, 0.25) is 0 Å². The fraction of sp³-hybridized carbons (Fsp3) is 0.533. The van der Waals surface area contributed by atoms with Crippen molar-refractivity contribution in [3.63, 3.8) is 0 Å². The highest BCUT2D eigenvalue weighted by Crippen LogP contribution is 2.51. The molecule has 0 amide bonds. The second-order valence-electron chi connectivity index (χ2n) is 5.42. The molecule has 1 aliphatic carbocycles. The van der Waals surface area contributed by atoms with Crippen LogP contribution in [0.1, 0.15) is 37.7 Å². The summed E-state index contributed by atoms with van der Waals surface area (Å²) in [5.41, 5.74) is 1.94. The SMILES string of the molecule is CCOC(=O)OC1Nc2cc(Cl)cc(Cl)c2C2CCCC12. The molecule has 1 heterocycles. The van der Waals surface area contributed by atoms with Gasteiger partial charge >= 0.3 is 6.16 Å². The largest absolute Gasteiger partial charge is 0.510 e. The molecule has 2 aliphatic rings. The van der Waals surface area contributed by atoms with Crippen LogP contribution in [-0.4, -0.2) is 19.0 Å². The van der Waals surface area contributed by atoms with Gasteiger partial charge in [-0.2, -0.15) is 0 Å². The average Bonchev–Trinajstić information content (AvgIpc) is 2.87. The van der Waals surface area contributed by atoms with Gasteiger partial charge in [-0.1, -0.05) is 29.6 Å². The van der Waals surface area contributed by atoms with Crippen LogP contribution in [0, 0.1) is 5.92 Å². The molecule has 114 valence electrons. The molecule has 1 fully saturated rings. The maximum Gasteiger partial charge on any atom is 0.510 e. The summed E-state index contributed by atoms with van der Waals surface area (Å²) in [6.45, 7) is 2.05. The highest BCUT2D eigenvalue weighted by atomic mass is 35.5. The number of rotatable bonds is 2. The Morgan fingerprint density at radius 3 is 2.95 bits per heavy atom. The zero-order chi connectivity index (χ0) is 15.0. The van der Waals surface area contributed by atoms with Crippen LogP contribution in [0.2, 0.25) is 10.0 Å². The van der Waals surface area contributed by atoms with Crippen molar-refractivity contribution < 1.29 is 14.3 Å². The Labute approximate surface area is 133 Å². The Morgan fingerprint density at radius 2 is 2.19 bits per heavy atom. The molecule has 1 aliphatic heterocycles. The topological polar surface area (TPSA) is 47.6 Å². The van der Waals surface area contributed by atoms with E-state index in [0.29, 0.717) is 22.6 Å². The number of carbonyl (C=O) groups excluding carboxylic acids is 1. The lowest BCUT2D eigenvalue weighted by molar-refractivity contribution is 0.0116. The molecule has 3 rings (SSSR count). The number of anilines is 1. The first-order chi connectivity index (χ1) is 10.1. The summed E-state index contributed by atoms with van der Waals surface area (Å²) in [6, 6.07) is 3.60. The number of nitrogens with one attached hydrogen (secondary N) is 1. The third-order valence-corrected chi connectivity index (χ3v) is 4.74. The molecule has 0 radical (unpaired) electrons. The average molecular weight is 330 g/mol. The van der Waals surface area contributed by atoms with E-state index >= 15 is 0 Å². The molecule has 6 heteroatoms. The first-order valence-electron chi connectivity index (χ1n) is 7.19. The predicted molar refractivity (Wildman–Crippen MR) is 82.1 cm³/mol. The number of hydrogen-bond donors (Lipinski definition) is 1. The fourth-order valence-corrected chi connectivity index (χ4v) is 4.06. The van der Waals surface area contributed by atoms with Gasteiger partial charge < -0.3 is 14.8 Å². The van der Waals surface area contributed by atoms with Gasteiger partial charge in [-0.25, -0.2) is 4.79 Å². The number of benzene rings is 1. The van der Waals surface area contributed by atoms with E-state index in [1.165, 1.54) is 0 Å². The van der Waals surface area contributed by atoms with Gasteiger partial charge in [0.25, 0.3) is 0 Å². The summed E-state index contributed by atoms with van der Waals surface area (Å²) in [7, 11) is 0. The monoisotopic (exact) mass is 329 g/mol. The van der Waals surface area contributed by atoms with Crippen LogP contribution in [0.15, 0.2) is 12.1 Å². The molecule has 1 aromatic rings. The Kier molecular flexibility index (Phi) is 4.18. The van der Waals surface area contributed by atoms with Gasteiger partial charge in [-0.05, 0) is 43.4 Å². The summed E-state index contributed by atoms with van der Waals surface area (Å²) in [4.78, 5) is 11.6.